The van der Waals surface area contributed by atoms with Crippen LogP contribution in [0.1, 0.15) is 52.0 Å². The van der Waals surface area contributed by atoms with Crippen LogP contribution in [0, 0.1) is 0 Å². The zero-order valence-corrected chi connectivity index (χ0v) is 17.7. The van der Waals surface area contributed by atoms with Crippen LogP contribution in [0.25, 0.3) is 0 Å². The molecule has 0 heterocycles. The number of amides is 1. The first-order valence-electron chi connectivity index (χ1n) is 9.58. The zero-order valence-electron chi connectivity index (χ0n) is 17.7. The summed E-state index contributed by atoms with van der Waals surface area (Å²) < 4.78 is 21.5. The lowest BCUT2D eigenvalue weighted by Gasteiger charge is -2.28. The van der Waals surface area contributed by atoms with Gasteiger partial charge in [0.15, 0.2) is 0 Å². The smallest absolute Gasteiger partial charge is 0.407 e. The third kappa shape index (κ3) is 6.32. The molecule has 1 aromatic rings. The summed E-state index contributed by atoms with van der Waals surface area (Å²) in [7, 11) is 4.82. The van der Waals surface area contributed by atoms with Gasteiger partial charge in [-0.25, -0.2) is 4.79 Å². The van der Waals surface area contributed by atoms with Crippen LogP contribution in [0.2, 0.25) is 0 Å². The molecule has 0 aliphatic heterocycles. The van der Waals surface area contributed by atoms with Crippen molar-refractivity contribution in [3.05, 3.63) is 17.7 Å². The first-order chi connectivity index (χ1) is 13.3. The van der Waals surface area contributed by atoms with Crippen LogP contribution in [0.5, 0.6) is 17.2 Å². The minimum atomic E-state index is -0.484. The van der Waals surface area contributed by atoms with Gasteiger partial charge in [-0.1, -0.05) is 0 Å². The molecule has 2 rings (SSSR count). The third-order valence-electron chi connectivity index (χ3n) is 4.59. The van der Waals surface area contributed by atoms with Crippen molar-refractivity contribution in [3.8, 4) is 17.2 Å². The second-order valence-electron chi connectivity index (χ2n) is 7.88. The Morgan fingerprint density at radius 2 is 1.61 bits per heavy atom. The van der Waals surface area contributed by atoms with Crippen molar-refractivity contribution >= 4 is 12.3 Å². The fourth-order valence-corrected chi connectivity index (χ4v) is 3.18. The van der Waals surface area contributed by atoms with Crippen molar-refractivity contribution in [1.29, 1.82) is 0 Å². The largest absolute Gasteiger partial charge is 0.496 e. The SMILES string of the molecule is COc1cc(OC)c(C=NC2CCC(NC(=O)OC(C)(C)C)CC2)c(OC)c1. The molecule has 0 bridgehead atoms. The molecule has 28 heavy (non-hydrogen) atoms. The van der Waals surface area contributed by atoms with Crippen molar-refractivity contribution in [1.82, 2.24) is 5.32 Å². The highest BCUT2D eigenvalue weighted by atomic mass is 16.6. The van der Waals surface area contributed by atoms with Crippen molar-refractivity contribution < 1.29 is 23.7 Å². The molecular weight excluding hydrogens is 360 g/mol. The number of carbonyl (C=O) groups is 1. The van der Waals surface area contributed by atoms with Crippen molar-refractivity contribution in [2.45, 2.75) is 64.1 Å². The van der Waals surface area contributed by atoms with Gasteiger partial charge in [-0.05, 0) is 46.5 Å². The molecule has 1 amide bonds. The first kappa shape index (κ1) is 21.9. The van der Waals surface area contributed by atoms with Crippen LogP contribution in [-0.4, -0.2) is 51.3 Å². The minimum absolute atomic E-state index is 0.131. The maximum absolute atomic E-state index is 11.9. The Balaban J connectivity index is 1.96. The van der Waals surface area contributed by atoms with Gasteiger partial charge < -0.3 is 24.3 Å². The summed E-state index contributed by atoms with van der Waals surface area (Å²) in [5, 5.41) is 2.95. The van der Waals surface area contributed by atoms with Crippen LogP contribution in [0.3, 0.4) is 0 Å². The predicted octanol–water partition coefficient (Wildman–Crippen LogP) is 3.97. The van der Waals surface area contributed by atoms with Crippen molar-refractivity contribution in [2.75, 3.05) is 21.3 Å². The van der Waals surface area contributed by atoms with E-state index in [1.54, 1.807) is 21.3 Å². The van der Waals surface area contributed by atoms with Gasteiger partial charge in [-0.15, -0.1) is 0 Å². The molecule has 0 radical (unpaired) electrons. The van der Waals surface area contributed by atoms with E-state index >= 15 is 0 Å². The van der Waals surface area contributed by atoms with Crippen molar-refractivity contribution in [2.24, 2.45) is 4.99 Å². The summed E-state index contributed by atoms with van der Waals surface area (Å²) >= 11 is 0. The molecule has 7 heteroatoms. The summed E-state index contributed by atoms with van der Waals surface area (Å²) in [5.74, 6) is 1.97. The highest BCUT2D eigenvalue weighted by Crippen LogP contribution is 2.33. The van der Waals surface area contributed by atoms with E-state index < -0.39 is 5.60 Å². The fraction of sp³-hybridized carbons (Fsp3) is 0.619. The molecule has 0 spiro atoms. The van der Waals surface area contributed by atoms with Gasteiger partial charge in [-0.3, -0.25) is 4.99 Å². The van der Waals surface area contributed by atoms with E-state index in [1.807, 2.05) is 39.1 Å². The quantitative estimate of drug-likeness (QED) is 0.741. The molecule has 0 atom stereocenters. The van der Waals surface area contributed by atoms with E-state index in [2.05, 4.69) is 5.32 Å². The normalized spacial score (nSPS) is 19.9. The Bertz CT molecular complexity index is 664. The number of hydrogen-bond donors (Lipinski definition) is 1. The van der Waals surface area contributed by atoms with Crippen LogP contribution in [-0.2, 0) is 4.74 Å². The molecule has 1 fully saturated rings. The molecule has 1 N–H and O–H groups in total. The molecule has 7 nitrogen and oxygen atoms in total. The summed E-state index contributed by atoms with van der Waals surface area (Å²) in [6.45, 7) is 5.58. The molecule has 1 aliphatic carbocycles. The Morgan fingerprint density at radius 1 is 1.04 bits per heavy atom. The van der Waals surface area contributed by atoms with Gasteiger partial charge in [0.25, 0.3) is 0 Å². The number of ether oxygens (including phenoxy) is 4. The summed E-state index contributed by atoms with van der Waals surface area (Å²) in [5.41, 5.74) is 0.307. The number of rotatable bonds is 6. The summed E-state index contributed by atoms with van der Waals surface area (Å²) in [4.78, 5) is 16.6. The van der Waals surface area contributed by atoms with Gasteiger partial charge in [0.1, 0.15) is 22.8 Å². The maximum Gasteiger partial charge on any atom is 0.407 e. The molecule has 1 aliphatic rings. The number of benzene rings is 1. The van der Waals surface area contributed by atoms with Gasteiger partial charge in [-0.2, -0.15) is 0 Å². The highest BCUT2D eigenvalue weighted by Gasteiger charge is 2.24. The van der Waals surface area contributed by atoms with Crippen molar-refractivity contribution in [3.63, 3.8) is 0 Å². The minimum Gasteiger partial charge on any atom is -0.496 e. The van der Waals surface area contributed by atoms with Gasteiger partial charge in [0.05, 0.1) is 32.9 Å². The molecule has 0 aromatic heterocycles. The Labute approximate surface area is 167 Å². The molecule has 0 unspecified atom stereocenters. The highest BCUT2D eigenvalue weighted by molar-refractivity contribution is 5.88. The van der Waals surface area contributed by atoms with E-state index in [9.17, 15) is 4.79 Å². The topological polar surface area (TPSA) is 78.4 Å². The average Bonchev–Trinajstić information content (AvgIpc) is 2.65. The molecule has 156 valence electrons. The lowest BCUT2D eigenvalue weighted by Crippen LogP contribution is -2.41. The van der Waals surface area contributed by atoms with Gasteiger partial charge in [0.2, 0.25) is 0 Å². The Morgan fingerprint density at radius 3 is 2.07 bits per heavy atom. The molecular formula is C21H32N2O5. The summed E-state index contributed by atoms with van der Waals surface area (Å²) in [6, 6.07) is 3.96. The van der Waals surface area contributed by atoms with E-state index in [-0.39, 0.29) is 18.2 Å². The number of hydrogen-bond acceptors (Lipinski definition) is 6. The monoisotopic (exact) mass is 392 g/mol. The van der Waals surface area contributed by atoms with E-state index in [0.717, 1.165) is 31.2 Å². The summed E-state index contributed by atoms with van der Waals surface area (Å²) in [6.07, 6.45) is 5.00. The van der Waals surface area contributed by atoms with E-state index in [4.69, 9.17) is 23.9 Å². The number of methoxy groups -OCH3 is 3. The standard InChI is InChI=1S/C21H32N2O5/c1-21(2,3)28-20(24)23-15-9-7-14(8-10-15)22-13-17-18(26-5)11-16(25-4)12-19(17)27-6/h11-15H,7-10H2,1-6H3,(H,23,24). The number of nitrogens with one attached hydrogen (secondary N) is 1. The average molecular weight is 392 g/mol. The number of carbonyl (C=O) groups excluding carboxylic acids is 1. The van der Waals surface area contributed by atoms with Gasteiger partial charge in [0, 0.05) is 24.4 Å². The van der Waals surface area contributed by atoms with Crippen LogP contribution >= 0.6 is 0 Å². The molecule has 1 aromatic carbocycles. The zero-order chi connectivity index (χ0) is 20.7. The molecule has 0 saturated heterocycles. The lowest BCUT2D eigenvalue weighted by atomic mass is 9.91. The number of aliphatic imine (C=N–C) groups is 1. The number of nitrogens with zero attached hydrogens (tertiary/aromatic N) is 1. The van der Waals surface area contributed by atoms with E-state index in [1.165, 1.54) is 0 Å². The van der Waals surface area contributed by atoms with Gasteiger partial charge >= 0.3 is 6.09 Å². The lowest BCUT2D eigenvalue weighted by molar-refractivity contribution is 0.0491. The maximum atomic E-state index is 11.9. The molecule has 1 saturated carbocycles. The van der Waals surface area contributed by atoms with Crippen LogP contribution in [0.4, 0.5) is 4.79 Å². The Hall–Kier alpha value is -2.44. The second-order valence-corrected chi connectivity index (χ2v) is 7.88. The van der Waals surface area contributed by atoms with Crippen LogP contribution < -0.4 is 19.5 Å². The predicted molar refractivity (Wildman–Crippen MR) is 109 cm³/mol. The third-order valence-corrected chi connectivity index (χ3v) is 4.59. The van der Waals surface area contributed by atoms with E-state index in [0.29, 0.717) is 17.2 Å². The fourth-order valence-electron chi connectivity index (χ4n) is 3.18. The number of alkyl carbamates (subject to hydrolysis) is 1. The second kappa shape index (κ2) is 9.66. The van der Waals surface area contributed by atoms with Crippen LogP contribution in [0.15, 0.2) is 17.1 Å². The Kier molecular flexibility index (Phi) is 7.54. The first-order valence-corrected chi connectivity index (χ1v) is 9.58.